The quantitative estimate of drug-likeness (QED) is 0.728. The third-order valence-corrected chi connectivity index (χ3v) is 5.11. The number of piperidine rings is 1. The zero-order valence-corrected chi connectivity index (χ0v) is 15.3. The SMILES string of the molecule is CCCCCNC(=O)C1CCCN(Cc2c(Cl)cccc2Cl)C1. The fourth-order valence-electron chi connectivity index (χ4n) is 3.05. The molecule has 0 spiro atoms. The number of likely N-dealkylation sites (tertiary alicyclic amines) is 1. The van der Waals surface area contributed by atoms with Gasteiger partial charge in [-0.25, -0.2) is 0 Å². The molecule has 0 radical (unpaired) electrons. The maximum atomic E-state index is 12.3. The Kier molecular flexibility index (Phi) is 7.68. The Hall–Kier alpha value is -0.770. The van der Waals surface area contributed by atoms with E-state index in [9.17, 15) is 4.79 Å². The largest absolute Gasteiger partial charge is 0.356 e. The summed E-state index contributed by atoms with van der Waals surface area (Å²) in [5.74, 6) is 0.266. The van der Waals surface area contributed by atoms with Gasteiger partial charge < -0.3 is 5.32 Å². The van der Waals surface area contributed by atoms with Crippen molar-refractivity contribution < 1.29 is 4.79 Å². The molecule has 0 aromatic heterocycles. The lowest BCUT2D eigenvalue weighted by Crippen LogP contribution is -2.43. The third kappa shape index (κ3) is 5.66. The average Bonchev–Trinajstić information content (AvgIpc) is 2.55. The van der Waals surface area contributed by atoms with E-state index >= 15 is 0 Å². The van der Waals surface area contributed by atoms with E-state index in [-0.39, 0.29) is 11.8 Å². The first-order valence-electron chi connectivity index (χ1n) is 8.54. The Labute approximate surface area is 149 Å². The second-order valence-electron chi connectivity index (χ2n) is 6.27. The zero-order chi connectivity index (χ0) is 16.7. The molecule has 3 nitrogen and oxygen atoms in total. The van der Waals surface area contributed by atoms with E-state index < -0.39 is 0 Å². The van der Waals surface area contributed by atoms with Gasteiger partial charge in [0.25, 0.3) is 0 Å². The first kappa shape index (κ1) is 18.6. The molecule has 5 heteroatoms. The minimum absolute atomic E-state index is 0.0756. The second kappa shape index (κ2) is 9.51. The lowest BCUT2D eigenvalue weighted by molar-refractivity contribution is -0.126. The van der Waals surface area contributed by atoms with Crippen LogP contribution < -0.4 is 5.32 Å². The van der Waals surface area contributed by atoms with Crippen molar-refractivity contribution in [2.45, 2.75) is 45.6 Å². The predicted octanol–water partition coefficient (Wildman–Crippen LogP) is 4.51. The van der Waals surface area contributed by atoms with Crippen LogP contribution in [0.15, 0.2) is 18.2 Å². The molecule has 23 heavy (non-hydrogen) atoms. The van der Waals surface area contributed by atoms with Crippen LogP contribution in [0.25, 0.3) is 0 Å². The van der Waals surface area contributed by atoms with Gasteiger partial charge >= 0.3 is 0 Å². The molecule has 1 aliphatic rings. The number of hydrogen-bond donors (Lipinski definition) is 1. The minimum atomic E-state index is 0.0756. The molecule has 1 unspecified atom stereocenters. The second-order valence-corrected chi connectivity index (χ2v) is 7.09. The van der Waals surface area contributed by atoms with E-state index in [1.165, 1.54) is 12.8 Å². The maximum absolute atomic E-state index is 12.3. The molecule has 1 atom stereocenters. The van der Waals surface area contributed by atoms with Crippen molar-refractivity contribution in [3.8, 4) is 0 Å². The molecule has 2 rings (SSSR count). The molecule has 1 aromatic rings. The van der Waals surface area contributed by atoms with Crippen LogP contribution in [0, 0.1) is 5.92 Å². The number of nitrogens with zero attached hydrogens (tertiary/aromatic N) is 1. The molecular weight excluding hydrogens is 331 g/mol. The molecule has 1 heterocycles. The Morgan fingerprint density at radius 1 is 1.30 bits per heavy atom. The van der Waals surface area contributed by atoms with Gasteiger partial charge in [0.2, 0.25) is 5.91 Å². The maximum Gasteiger partial charge on any atom is 0.224 e. The molecule has 1 aromatic carbocycles. The highest BCUT2D eigenvalue weighted by molar-refractivity contribution is 6.35. The summed E-state index contributed by atoms with van der Waals surface area (Å²) in [6.07, 6.45) is 5.41. The fourth-order valence-corrected chi connectivity index (χ4v) is 3.57. The Balaban J connectivity index is 1.87. The number of halogens is 2. The summed E-state index contributed by atoms with van der Waals surface area (Å²) in [6, 6.07) is 5.59. The standard InChI is InChI=1S/C18H26Cl2N2O/c1-2-3-4-10-21-18(23)14-7-6-11-22(12-14)13-15-16(19)8-5-9-17(15)20/h5,8-9,14H,2-4,6-7,10-13H2,1H3,(H,21,23). The molecule has 0 saturated carbocycles. The van der Waals surface area contributed by atoms with Crippen LogP contribution >= 0.6 is 23.2 Å². The summed E-state index contributed by atoms with van der Waals surface area (Å²) >= 11 is 12.5. The van der Waals surface area contributed by atoms with Crippen LogP contribution in [-0.4, -0.2) is 30.4 Å². The van der Waals surface area contributed by atoms with Gasteiger partial charge in [-0.15, -0.1) is 0 Å². The van der Waals surface area contributed by atoms with Crippen LogP contribution in [0.3, 0.4) is 0 Å². The Bertz CT molecular complexity index is 501. The molecule has 1 aliphatic heterocycles. The van der Waals surface area contributed by atoms with Gasteiger partial charge in [0.15, 0.2) is 0 Å². The molecule has 1 fully saturated rings. The van der Waals surface area contributed by atoms with E-state index in [1.807, 2.05) is 18.2 Å². The van der Waals surface area contributed by atoms with Crippen molar-refractivity contribution in [2.75, 3.05) is 19.6 Å². The van der Waals surface area contributed by atoms with Crippen molar-refractivity contribution >= 4 is 29.1 Å². The minimum Gasteiger partial charge on any atom is -0.356 e. The van der Waals surface area contributed by atoms with Gasteiger partial charge in [0, 0.05) is 35.2 Å². The molecule has 0 aliphatic carbocycles. The monoisotopic (exact) mass is 356 g/mol. The van der Waals surface area contributed by atoms with Crippen molar-refractivity contribution in [3.05, 3.63) is 33.8 Å². The smallest absolute Gasteiger partial charge is 0.224 e. The summed E-state index contributed by atoms with van der Waals surface area (Å²) in [7, 11) is 0. The average molecular weight is 357 g/mol. The van der Waals surface area contributed by atoms with Crippen LogP contribution in [0.2, 0.25) is 10.0 Å². The van der Waals surface area contributed by atoms with Crippen molar-refractivity contribution in [3.63, 3.8) is 0 Å². The number of unbranched alkanes of at least 4 members (excludes halogenated alkanes) is 2. The number of carbonyl (C=O) groups excluding carboxylic acids is 1. The molecule has 1 saturated heterocycles. The highest BCUT2D eigenvalue weighted by Gasteiger charge is 2.26. The molecular formula is C18H26Cl2N2O. The van der Waals surface area contributed by atoms with Crippen LogP contribution in [0.1, 0.15) is 44.6 Å². The number of benzene rings is 1. The van der Waals surface area contributed by atoms with Gasteiger partial charge in [-0.3, -0.25) is 9.69 Å². The number of amides is 1. The fraction of sp³-hybridized carbons (Fsp3) is 0.611. The molecule has 128 valence electrons. The lowest BCUT2D eigenvalue weighted by Gasteiger charge is -2.32. The number of rotatable bonds is 7. The third-order valence-electron chi connectivity index (χ3n) is 4.40. The molecule has 0 bridgehead atoms. The predicted molar refractivity (Wildman–Crippen MR) is 97.0 cm³/mol. The Morgan fingerprint density at radius 2 is 2.04 bits per heavy atom. The van der Waals surface area contributed by atoms with Crippen molar-refractivity contribution in [1.82, 2.24) is 10.2 Å². The summed E-state index contributed by atoms with van der Waals surface area (Å²) in [4.78, 5) is 14.6. The normalized spacial score (nSPS) is 18.8. The molecule has 1 amide bonds. The lowest BCUT2D eigenvalue weighted by atomic mass is 9.96. The summed E-state index contributed by atoms with van der Waals surface area (Å²) < 4.78 is 0. The van der Waals surface area contributed by atoms with E-state index in [2.05, 4.69) is 17.1 Å². The highest BCUT2D eigenvalue weighted by Crippen LogP contribution is 2.27. The van der Waals surface area contributed by atoms with E-state index in [0.717, 1.165) is 44.5 Å². The van der Waals surface area contributed by atoms with Gasteiger partial charge in [0.1, 0.15) is 0 Å². The zero-order valence-electron chi connectivity index (χ0n) is 13.8. The summed E-state index contributed by atoms with van der Waals surface area (Å²) in [5.41, 5.74) is 0.958. The van der Waals surface area contributed by atoms with E-state index in [1.54, 1.807) is 0 Å². The van der Waals surface area contributed by atoms with E-state index in [0.29, 0.717) is 16.6 Å². The first-order valence-corrected chi connectivity index (χ1v) is 9.30. The van der Waals surface area contributed by atoms with Gasteiger partial charge in [0.05, 0.1) is 5.92 Å². The first-order chi connectivity index (χ1) is 11.1. The van der Waals surface area contributed by atoms with Crippen molar-refractivity contribution in [1.29, 1.82) is 0 Å². The van der Waals surface area contributed by atoms with Crippen LogP contribution in [-0.2, 0) is 11.3 Å². The van der Waals surface area contributed by atoms with E-state index in [4.69, 9.17) is 23.2 Å². The topological polar surface area (TPSA) is 32.3 Å². The van der Waals surface area contributed by atoms with Crippen molar-refractivity contribution in [2.24, 2.45) is 5.92 Å². The Morgan fingerprint density at radius 3 is 2.74 bits per heavy atom. The number of carbonyl (C=O) groups is 1. The number of nitrogens with one attached hydrogen (secondary N) is 1. The highest BCUT2D eigenvalue weighted by atomic mass is 35.5. The van der Waals surface area contributed by atoms with Crippen LogP contribution in [0.4, 0.5) is 0 Å². The summed E-state index contributed by atoms with van der Waals surface area (Å²) in [6.45, 7) is 5.43. The number of hydrogen-bond acceptors (Lipinski definition) is 2. The molecule has 1 N–H and O–H groups in total. The van der Waals surface area contributed by atoms with Gasteiger partial charge in [-0.1, -0.05) is 49.0 Å². The summed E-state index contributed by atoms with van der Waals surface area (Å²) in [5, 5.41) is 4.47. The van der Waals surface area contributed by atoms with Crippen LogP contribution in [0.5, 0.6) is 0 Å². The van der Waals surface area contributed by atoms with Gasteiger partial charge in [-0.05, 0) is 37.9 Å². The van der Waals surface area contributed by atoms with Gasteiger partial charge in [-0.2, -0.15) is 0 Å².